The van der Waals surface area contributed by atoms with Crippen molar-refractivity contribution < 1.29 is 4.43 Å². The second-order valence-electron chi connectivity index (χ2n) is 6.46. The molecule has 0 aromatic carbocycles. The quantitative estimate of drug-likeness (QED) is 0.630. The van der Waals surface area contributed by atoms with Gasteiger partial charge in [-0.25, -0.2) is 0 Å². The molecule has 0 amide bonds. The summed E-state index contributed by atoms with van der Waals surface area (Å²) in [5.74, 6) is 3.00. The number of hydrogen-bond acceptors (Lipinski definition) is 1. The first kappa shape index (κ1) is 10.3. The van der Waals surface area contributed by atoms with Crippen LogP contribution in [0.2, 0.25) is 19.6 Å². The van der Waals surface area contributed by atoms with Crippen LogP contribution in [0, 0.1) is 17.3 Å². The van der Waals surface area contributed by atoms with Gasteiger partial charge in [-0.15, -0.1) is 0 Å². The van der Waals surface area contributed by atoms with Crippen molar-refractivity contribution in [1.29, 1.82) is 0 Å². The van der Waals surface area contributed by atoms with Gasteiger partial charge in [-0.1, -0.05) is 13.8 Å². The first-order valence-corrected chi connectivity index (χ1v) is 9.09. The third-order valence-electron chi connectivity index (χ3n) is 3.41. The molecule has 0 radical (unpaired) electrons. The molecule has 0 aromatic rings. The van der Waals surface area contributed by atoms with E-state index in [0.717, 1.165) is 11.8 Å². The number of rotatable bonds is 2. The molecule has 0 N–H and O–H groups in total. The van der Waals surface area contributed by atoms with E-state index in [9.17, 15) is 0 Å². The lowest BCUT2D eigenvalue weighted by Crippen LogP contribution is -2.28. The highest BCUT2D eigenvalue weighted by molar-refractivity contribution is 6.70. The summed E-state index contributed by atoms with van der Waals surface area (Å²) < 4.78 is 6.13. The van der Waals surface area contributed by atoms with Crippen LogP contribution in [-0.2, 0) is 4.43 Å². The van der Waals surface area contributed by atoms with Crippen molar-refractivity contribution in [2.24, 2.45) is 17.3 Å². The van der Waals surface area contributed by atoms with Crippen molar-refractivity contribution in [3.05, 3.63) is 11.8 Å². The molecule has 1 fully saturated rings. The standard InChI is InChI=1S/C12H22OSi/c1-12(2)7-6-11(9-8-10(9)12)13-14(3,4)5/h6,9-10H,7-8H2,1-5H3/t9-,10+/m1/s1. The van der Waals surface area contributed by atoms with E-state index in [1.54, 1.807) is 0 Å². The lowest BCUT2D eigenvalue weighted by atomic mass is 9.79. The average Bonchev–Trinajstić information content (AvgIpc) is 2.72. The molecule has 14 heavy (non-hydrogen) atoms. The molecule has 0 spiro atoms. The van der Waals surface area contributed by atoms with Crippen LogP contribution in [0.3, 0.4) is 0 Å². The van der Waals surface area contributed by atoms with E-state index in [1.165, 1.54) is 18.6 Å². The molecule has 80 valence electrons. The lowest BCUT2D eigenvalue weighted by Gasteiger charge is -2.31. The molecule has 1 saturated carbocycles. The highest BCUT2D eigenvalue weighted by Gasteiger charge is 2.52. The van der Waals surface area contributed by atoms with E-state index < -0.39 is 8.32 Å². The fourth-order valence-corrected chi connectivity index (χ4v) is 3.45. The summed E-state index contributed by atoms with van der Waals surface area (Å²) in [5, 5.41) is 0. The first-order valence-electron chi connectivity index (χ1n) is 5.69. The van der Waals surface area contributed by atoms with Crippen LogP contribution in [0.1, 0.15) is 26.7 Å². The SMILES string of the molecule is CC1(C)CC=C(O[Si](C)(C)C)[C@@H]2C[C@@H]21. The normalized spacial score (nSPS) is 34.5. The molecule has 1 nitrogen and oxygen atoms in total. The Kier molecular flexibility index (Phi) is 2.11. The third-order valence-corrected chi connectivity index (χ3v) is 4.26. The Bertz CT molecular complexity index is 273. The summed E-state index contributed by atoms with van der Waals surface area (Å²) in [7, 11) is -1.37. The number of allylic oxidation sites excluding steroid dienone is 2. The second kappa shape index (κ2) is 2.88. The van der Waals surface area contributed by atoms with Gasteiger partial charge < -0.3 is 4.43 Å². The molecule has 2 aliphatic carbocycles. The van der Waals surface area contributed by atoms with Crippen molar-refractivity contribution in [3.63, 3.8) is 0 Å². The summed E-state index contributed by atoms with van der Waals surface area (Å²) >= 11 is 0. The molecule has 0 unspecified atom stereocenters. The Morgan fingerprint density at radius 1 is 1.36 bits per heavy atom. The fraction of sp³-hybridized carbons (Fsp3) is 0.833. The van der Waals surface area contributed by atoms with Crippen molar-refractivity contribution >= 4 is 8.32 Å². The highest BCUT2D eigenvalue weighted by Crippen LogP contribution is 2.59. The van der Waals surface area contributed by atoms with Crippen LogP contribution < -0.4 is 0 Å². The Balaban J connectivity index is 2.07. The molecule has 2 aliphatic rings. The zero-order valence-corrected chi connectivity index (χ0v) is 11.1. The van der Waals surface area contributed by atoms with E-state index in [4.69, 9.17) is 4.43 Å². The first-order chi connectivity index (χ1) is 6.30. The van der Waals surface area contributed by atoms with Crippen LogP contribution in [-0.4, -0.2) is 8.32 Å². The van der Waals surface area contributed by atoms with E-state index in [1.807, 2.05) is 0 Å². The summed E-state index contributed by atoms with van der Waals surface area (Å²) in [5.41, 5.74) is 0.525. The average molecular weight is 210 g/mol. The van der Waals surface area contributed by atoms with Crippen LogP contribution in [0.5, 0.6) is 0 Å². The van der Waals surface area contributed by atoms with Crippen molar-refractivity contribution in [3.8, 4) is 0 Å². The Hall–Kier alpha value is -0.243. The van der Waals surface area contributed by atoms with Gasteiger partial charge in [0.2, 0.25) is 8.32 Å². The highest BCUT2D eigenvalue weighted by atomic mass is 28.4. The van der Waals surface area contributed by atoms with Gasteiger partial charge in [0, 0.05) is 5.92 Å². The number of fused-ring (bicyclic) bond motifs is 1. The van der Waals surface area contributed by atoms with Crippen molar-refractivity contribution in [1.82, 2.24) is 0 Å². The summed E-state index contributed by atoms with van der Waals surface area (Å²) in [6.45, 7) is 11.6. The van der Waals surface area contributed by atoms with E-state index in [-0.39, 0.29) is 0 Å². The van der Waals surface area contributed by atoms with E-state index >= 15 is 0 Å². The fourth-order valence-electron chi connectivity index (χ4n) is 2.51. The topological polar surface area (TPSA) is 9.23 Å². The predicted octanol–water partition coefficient (Wildman–Crippen LogP) is 3.79. The van der Waals surface area contributed by atoms with Crippen LogP contribution >= 0.6 is 0 Å². The molecule has 0 saturated heterocycles. The zero-order chi connectivity index (χ0) is 10.6. The zero-order valence-electron chi connectivity index (χ0n) is 10.1. The van der Waals surface area contributed by atoms with Crippen molar-refractivity contribution in [2.75, 3.05) is 0 Å². The minimum Gasteiger partial charge on any atom is -0.547 e. The van der Waals surface area contributed by atoms with Gasteiger partial charge >= 0.3 is 0 Å². The van der Waals surface area contributed by atoms with Gasteiger partial charge in [0.05, 0.1) is 5.76 Å². The van der Waals surface area contributed by atoms with Gasteiger partial charge in [0.1, 0.15) is 0 Å². The van der Waals surface area contributed by atoms with Crippen LogP contribution in [0.15, 0.2) is 11.8 Å². The molecule has 0 heterocycles. The maximum atomic E-state index is 6.13. The maximum absolute atomic E-state index is 6.13. The molecule has 2 atom stereocenters. The molecular formula is C12H22OSi. The monoisotopic (exact) mass is 210 g/mol. The van der Waals surface area contributed by atoms with Crippen LogP contribution in [0.25, 0.3) is 0 Å². The summed E-state index contributed by atoms with van der Waals surface area (Å²) in [6.07, 6.45) is 4.92. The predicted molar refractivity (Wildman–Crippen MR) is 62.5 cm³/mol. The molecule has 0 aromatic heterocycles. The largest absolute Gasteiger partial charge is 0.547 e. The molecular weight excluding hydrogens is 188 g/mol. The Morgan fingerprint density at radius 2 is 2.00 bits per heavy atom. The second-order valence-corrected chi connectivity index (χ2v) is 10.9. The van der Waals surface area contributed by atoms with E-state index in [0.29, 0.717) is 5.41 Å². The minimum absolute atomic E-state index is 0.525. The number of hydrogen-bond donors (Lipinski definition) is 0. The minimum atomic E-state index is -1.37. The van der Waals surface area contributed by atoms with Gasteiger partial charge in [-0.2, -0.15) is 0 Å². The lowest BCUT2D eigenvalue weighted by molar-refractivity contribution is 0.255. The van der Waals surface area contributed by atoms with Gasteiger partial charge in [-0.3, -0.25) is 0 Å². The van der Waals surface area contributed by atoms with Gasteiger partial charge in [0.15, 0.2) is 0 Å². The Morgan fingerprint density at radius 3 is 2.57 bits per heavy atom. The third kappa shape index (κ3) is 1.90. The maximum Gasteiger partial charge on any atom is 0.241 e. The summed E-state index contributed by atoms with van der Waals surface area (Å²) in [4.78, 5) is 0. The molecule has 0 bridgehead atoms. The van der Waals surface area contributed by atoms with Gasteiger partial charge in [-0.05, 0) is 49.9 Å². The summed E-state index contributed by atoms with van der Waals surface area (Å²) in [6, 6.07) is 0. The molecule has 2 rings (SSSR count). The smallest absolute Gasteiger partial charge is 0.241 e. The van der Waals surface area contributed by atoms with Crippen molar-refractivity contribution in [2.45, 2.75) is 46.3 Å². The van der Waals surface area contributed by atoms with Crippen LogP contribution in [0.4, 0.5) is 0 Å². The van der Waals surface area contributed by atoms with E-state index in [2.05, 4.69) is 39.6 Å². The molecule has 2 heteroatoms. The van der Waals surface area contributed by atoms with Gasteiger partial charge in [0.25, 0.3) is 0 Å². The molecule has 0 aliphatic heterocycles. The Labute approximate surface area is 88.7 Å².